The van der Waals surface area contributed by atoms with Crippen molar-refractivity contribution < 1.29 is 18.7 Å². The first-order chi connectivity index (χ1) is 17.8. The predicted molar refractivity (Wildman–Crippen MR) is 134 cm³/mol. The lowest BCUT2D eigenvalue weighted by Gasteiger charge is -2.20. The second-order valence-corrected chi connectivity index (χ2v) is 9.96. The molecule has 3 aromatic heterocycles. The van der Waals surface area contributed by atoms with Crippen LogP contribution in [0.1, 0.15) is 5.56 Å². The molecule has 8 nitrogen and oxygen atoms in total. The van der Waals surface area contributed by atoms with Crippen LogP contribution in [0.4, 0.5) is 14.6 Å². The molecule has 2 fully saturated rings. The second-order valence-electron chi connectivity index (χ2n) is 9.96. The minimum absolute atomic E-state index is 0.173. The minimum atomic E-state index is -0.722. The van der Waals surface area contributed by atoms with E-state index in [2.05, 4.69) is 15.0 Å². The van der Waals surface area contributed by atoms with E-state index in [1.807, 2.05) is 12.1 Å². The van der Waals surface area contributed by atoms with Crippen molar-refractivity contribution in [3.63, 3.8) is 0 Å². The van der Waals surface area contributed by atoms with Gasteiger partial charge in [-0.25, -0.2) is 18.4 Å². The number of anilines is 1. The average Bonchev–Trinajstić information content (AvgIpc) is 3.20. The lowest BCUT2D eigenvalue weighted by atomic mass is 10.0. The Morgan fingerprint density at radius 2 is 1.76 bits per heavy atom. The summed E-state index contributed by atoms with van der Waals surface area (Å²) in [5, 5.41) is 19.7. The number of carbonyl (C=O) groups is 1. The number of carboxylic acid groups (broad SMARTS) is 1. The smallest absolute Gasteiger partial charge is 0.307 e. The van der Waals surface area contributed by atoms with Gasteiger partial charge in [0.1, 0.15) is 23.1 Å². The van der Waals surface area contributed by atoms with E-state index in [4.69, 9.17) is 5.10 Å². The zero-order valence-electron chi connectivity index (χ0n) is 20.1. The summed E-state index contributed by atoms with van der Waals surface area (Å²) in [6, 6.07) is 9.71. The van der Waals surface area contributed by atoms with Crippen molar-refractivity contribution in [3.05, 3.63) is 66.0 Å². The molecule has 0 radical (unpaired) electrons. The highest BCUT2D eigenvalue weighted by Gasteiger charge is 2.60. The fraction of sp³-hybridized carbons (Fsp3) is 0.259. The van der Waals surface area contributed by atoms with E-state index in [-0.39, 0.29) is 23.6 Å². The molecule has 1 saturated heterocycles. The summed E-state index contributed by atoms with van der Waals surface area (Å²) in [4.78, 5) is 18.0. The third-order valence-electron chi connectivity index (χ3n) is 7.80. The van der Waals surface area contributed by atoms with Crippen LogP contribution in [0, 0.1) is 36.3 Å². The molecule has 1 N–H and O–H groups in total. The maximum Gasteiger partial charge on any atom is 0.307 e. The van der Waals surface area contributed by atoms with Gasteiger partial charge >= 0.3 is 5.97 Å². The van der Waals surface area contributed by atoms with Crippen molar-refractivity contribution in [3.8, 4) is 16.9 Å². The van der Waals surface area contributed by atoms with E-state index < -0.39 is 11.8 Å². The summed E-state index contributed by atoms with van der Waals surface area (Å²) < 4.78 is 33.2. The lowest BCUT2D eigenvalue weighted by molar-refractivity contribution is -0.139. The zero-order valence-corrected chi connectivity index (χ0v) is 20.1. The standard InChI is InChI=1S/C27H22F2N6O2/c1-13-19(28)5-4-15-25(24-18-10-33(2)31-21(18)7-6-20(24)29)32-35(26(13)15)14-3-8-22(30-9-14)34-11-16-17(12-34)23(16)27(36)37/h3-10,16-17,23H,11-12H2,1-2H3,(H,36,37)/t16-,17+,23?. The Labute approximate surface area is 209 Å². The van der Waals surface area contributed by atoms with Crippen LogP contribution in [-0.4, -0.2) is 48.7 Å². The number of hydrogen-bond acceptors (Lipinski definition) is 5. The molecule has 3 atom stereocenters. The molecule has 37 heavy (non-hydrogen) atoms. The molecular formula is C27H22F2N6O2. The van der Waals surface area contributed by atoms with Crippen molar-refractivity contribution in [1.29, 1.82) is 0 Å². The second kappa shape index (κ2) is 7.58. The lowest BCUT2D eigenvalue weighted by Crippen LogP contribution is -2.26. The van der Waals surface area contributed by atoms with Gasteiger partial charge in [-0.2, -0.15) is 10.2 Å². The Morgan fingerprint density at radius 3 is 2.46 bits per heavy atom. The summed E-state index contributed by atoms with van der Waals surface area (Å²) >= 11 is 0. The topological polar surface area (TPSA) is 89.1 Å². The largest absolute Gasteiger partial charge is 0.481 e. The Bertz CT molecular complexity index is 1730. The van der Waals surface area contributed by atoms with Gasteiger partial charge in [-0.1, -0.05) is 0 Å². The maximum absolute atomic E-state index is 15.3. The van der Waals surface area contributed by atoms with E-state index in [9.17, 15) is 14.3 Å². The van der Waals surface area contributed by atoms with E-state index in [0.29, 0.717) is 57.4 Å². The summed E-state index contributed by atoms with van der Waals surface area (Å²) in [7, 11) is 1.77. The number of aliphatic carboxylic acids is 1. The van der Waals surface area contributed by atoms with E-state index in [1.165, 1.54) is 12.1 Å². The highest BCUT2D eigenvalue weighted by atomic mass is 19.1. The third-order valence-corrected chi connectivity index (χ3v) is 7.80. The fourth-order valence-electron chi connectivity index (χ4n) is 5.91. The number of fused-ring (bicyclic) bond motifs is 3. The number of rotatable bonds is 4. The molecule has 2 aliphatic rings. The van der Waals surface area contributed by atoms with Gasteiger partial charge in [-0.3, -0.25) is 9.48 Å². The van der Waals surface area contributed by atoms with Gasteiger partial charge in [0.15, 0.2) is 0 Å². The minimum Gasteiger partial charge on any atom is -0.481 e. The first-order valence-corrected chi connectivity index (χ1v) is 12.1. The van der Waals surface area contributed by atoms with Gasteiger partial charge < -0.3 is 10.0 Å². The van der Waals surface area contributed by atoms with E-state index >= 15 is 4.39 Å². The van der Waals surface area contributed by atoms with Gasteiger partial charge in [0.05, 0.1) is 28.8 Å². The molecule has 1 aliphatic heterocycles. The number of nitrogens with zero attached hydrogens (tertiary/aromatic N) is 6. The van der Waals surface area contributed by atoms with Gasteiger partial charge in [-0.05, 0) is 55.2 Å². The number of pyridine rings is 1. The Hall–Kier alpha value is -4.34. The molecule has 2 aromatic carbocycles. The van der Waals surface area contributed by atoms with Crippen LogP contribution in [0.25, 0.3) is 38.8 Å². The highest BCUT2D eigenvalue weighted by molar-refractivity contribution is 6.03. The van der Waals surface area contributed by atoms with Crippen LogP contribution in [-0.2, 0) is 11.8 Å². The molecule has 7 rings (SSSR count). The van der Waals surface area contributed by atoms with Crippen molar-refractivity contribution in [2.24, 2.45) is 24.8 Å². The molecule has 0 spiro atoms. The van der Waals surface area contributed by atoms with Crippen LogP contribution in [0.3, 0.4) is 0 Å². The van der Waals surface area contributed by atoms with E-state index in [1.54, 1.807) is 47.9 Å². The first-order valence-electron chi connectivity index (χ1n) is 12.1. The molecule has 0 amide bonds. The van der Waals surface area contributed by atoms with Crippen LogP contribution in [0.5, 0.6) is 0 Å². The van der Waals surface area contributed by atoms with Gasteiger partial charge in [-0.15, -0.1) is 0 Å². The molecule has 10 heteroatoms. The fourth-order valence-corrected chi connectivity index (χ4v) is 5.91. The number of aryl methyl sites for hydroxylation is 2. The molecule has 1 aliphatic carbocycles. The highest BCUT2D eigenvalue weighted by Crippen LogP contribution is 2.52. The third kappa shape index (κ3) is 3.18. The van der Waals surface area contributed by atoms with Gasteiger partial charge in [0.25, 0.3) is 0 Å². The Balaban J connectivity index is 1.33. The van der Waals surface area contributed by atoms with Gasteiger partial charge in [0, 0.05) is 48.2 Å². The summed E-state index contributed by atoms with van der Waals surface area (Å²) in [6.07, 6.45) is 3.41. The van der Waals surface area contributed by atoms with Crippen molar-refractivity contribution in [2.75, 3.05) is 18.0 Å². The van der Waals surface area contributed by atoms with E-state index in [0.717, 1.165) is 5.82 Å². The molecule has 0 bridgehead atoms. The SMILES string of the molecule is Cc1c(F)ccc2c(-c3c(F)ccc4nn(C)cc34)nn(-c3ccc(N4C[C@@H]5C(C(=O)O)[C@@H]5C4)nc3)c12. The summed E-state index contributed by atoms with van der Waals surface area (Å²) in [5.74, 6) is -0.679. The average molecular weight is 501 g/mol. The van der Waals surface area contributed by atoms with Crippen molar-refractivity contribution in [1.82, 2.24) is 24.5 Å². The molecule has 5 aromatic rings. The molecule has 1 unspecified atom stereocenters. The monoisotopic (exact) mass is 500 g/mol. The zero-order chi connectivity index (χ0) is 25.6. The summed E-state index contributed by atoms with van der Waals surface area (Å²) in [6.45, 7) is 3.01. The normalized spacial score (nSPS) is 20.6. The Kier molecular flexibility index (Phi) is 4.49. The Morgan fingerprint density at radius 1 is 1.00 bits per heavy atom. The maximum atomic E-state index is 15.3. The van der Waals surface area contributed by atoms with Crippen LogP contribution < -0.4 is 4.90 Å². The number of halogens is 2. The molecular weight excluding hydrogens is 478 g/mol. The quantitative estimate of drug-likeness (QED) is 0.395. The predicted octanol–water partition coefficient (Wildman–Crippen LogP) is 4.33. The number of aromatic nitrogens is 5. The number of hydrogen-bond donors (Lipinski definition) is 1. The molecule has 4 heterocycles. The van der Waals surface area contributed by atoms with Crippen LogP contribution >= 0.6 is 0 Å². The van der Waals surface area contributed by atoms with Gasteiger partial charge in [0.2, 0.25) is 0 Å². The van der Waals surface area contributed by atoms with Crippen molar-refractivity contribution >= 4 is 33.6 Å². The first kappa shape index (κ1) is 21.9. The molecule has 186 valence electrons. The van der Waals surface area contributed by atoms with Crippen LogP contribution in [0.15, 0.2) is 48.8 Å². The van der Waals surface area contributed by atoms with Crippen LogP contribution in [0.2, 0.25) is 0 Å². The summed E-state index contributed by atoms with van der Waals surface area (Å²) in [5.41, 5.74) is 2.90. The van der Waals surface area contributed by atoms with Crippen molar-refractivity contribution in [2.45, 2.75) is 6.92 Å². The number of carboxylic acids is 1. The number of piperidine rings is 1. The molecule has 1 saturated carbocycles. The number of benzene rings is 2.